The molecule has 0 saturated heterocycles. The van der Waals surface area contributed by atoms with E-state index in [0.717, 1.165) is 70.6 Å². The van der Waals surface area contributed by atoms with Crippen molar-refractivity contribution in [2.45, 2.75) is 399 Å². The van der Waals surface area contributed by atoms with Crippen LogP contribution in [0.25, 0.3) is 0 Å². The van der Waals surface area contributed by atoms with Gasteiger partial charge in [-0.3, -0.25) is 9.59 Å². The van der Waals surface area contributed by atoms with Crippen LogP contribution < -0.4 is 5.11 Å². The molecule has 0 N–H and O–H groups in total. The number of likely N-dealkylation sites (N-methyl/N-ethyl adjacent to an activating group) is 1. The number of unbranched alkanes of at least 4 members (excludes halogenated alkanes) is 49. The number of allylic oxidation sites excluding steroid dienone is 10. The summed E-state index contributed by atoms with van der Waals surface area (Å²) in [5, 5.41) is 11.8. The van der Waals surface area contributed by atoms with Gasteiger partial charge in [0, 0.05) is 12.8 Å². The third-order valence-corrected chi connectivity index (χ3v) is 17.8. The van der Waals surface area contributed by atoms with Crippen LogP contribution in [0.5, 0.6) is 0 Å². The van der Waals surface area contributed by atoms with Crippen molar-refractivity contribution in [1.82, 2.24) is 0 Å². The average Bonchev–Trinajstić information content (AvgIpc) is 3.53. The van der Waals surface area contributed by atoms with Crippen LogP contribution in [0.4, 0.5) is 0 Å². The molecule has 0 aliphatic rings. The number of carboxylic acids is 1. The van der Waals surface area contributed by atoms with Crippen molar-refractivity contribution in [2.24, 2.45) is 0 Å². The molecule has 0 amide bonds. The minimum atomic E-state index is -1.62. The normalized spacial score (nSPS) is 12.9. The van der Waals surface area contributed by atoms with Crippen molar-refractivity contribution >= 4 is 17.9 Å². The fraction of sp³-hybridized carbons (Fsp3) is 0.841. The third kappa shape index (κ3) is 74.3. The average molecular weight is 1280 g/mol. The van der Waals surface area contributed by atoms with Gasteiger partial charge < -0.3 is 33.3 Å². The van der Waals surface area contributed by atoms with E-state index in [9.17, 15) is 19.5 Å². The maximum absolute atomic E-state index is 13.0. The second-order valence-electron chi connectivity index (χ2n) is 28.0. The highest BCUT2D eigenvalue weighted by Gasteiger charge is 2.22. The number of hydrogen-bond donors (Lipinski definition) is 0. The van der Waals surface area contributed by atoms with Crippen LogP contribution in [0.15, 0.2) is 60.8 Å². The lowest BCUT2D eigenvalue weighted by atomic mass is 10.0. The molecule has 2 atom stereocenters. The molecule has 9 nitrogen and oxygen atoms in total. The van der Waals surface area contributed by atoms with Crippen molar-refractivity contribution in [3.63, 3.8) is 0 Å². The molecule has 0 fully saturated rings. The van der Waals surface area contributed by atoms with Crippen molar-refractivity contribution in [1.29, 1.82) is 0 Å². The highest BCUT2D eigenvalue weighted by Crippen LogP contribution is 2.20. The molecule has 0 heterocycles. The number of esters is 2. The van der Waals surface area contributed by atoms with Gasteiger partial charge in [-0.15, -0.1) is 0 Å². The molecular weight excluding hydrogens is 1130 g/mol. The lowest BCUT2D eigenvalue weighted by Crippen LogP contribution is -2.44. The molecular formula is C82H151NO8. The Balaban J connectivity index is 3.94. The Morgan fingerprint density at radius 3 is 0.934 bits per heavy atom. The predicted octanol–water partition coefficient (Wildman–Crippen LogP) is 23.7. The largest absolute Gasteiger partial charge is 0.545 e. The number of carbonyl (C=O) groups excluding carboxylic acids is 3. The Bertz CT molecular complexity index is 1680. The summed E-state index contributed by atoms with van der Waals surface area (Å²) in [4.78, 5) is 37.6. The van der Waals surface area contributed by atoms with Crippen LogP contribution in [0, 0.1) is 0 Å². The van der Waals surface area contributed by atoms with E-state index in [1.54, 1.807) is 0 Å². The van der Waals surface area contributed by atoms with Crippen LogP contribution in [-0.2, 0) is 33.3 Å². The van der Waals surface area contributed by atoms with E-state index in [-0.39, 0.29) is 32.2 Å². The quantitative estimate of drug-likeness (QED) is 0.0195. The molecule has 0 radical (unpaired) electrons. The van der Waals surface area contributed by atoms with E-state index in [4.69, 9.17) is 18.9 Å². The standard InChI is InChI=1S/C82H151NO8/c1-6-8-10-12-14-16-18-20-22-24-26-28-30-32-33-34-35-36-37-38-39-40-41-42-43-44-45-46-47-49-51-53-55-57-59-61-63-65-67-69-71-73-80(85)91-78(77-90-82(81(86)87)88-75-74-83(3,4)5)76-89-79(84)72-70-68-66-64-62-60-58-56-54-52-50-48-31-29-27-25-23-21-19-17-15-13-11-9-7-2/h8,10,14,16,20,22,26,28,32-33,78,82H,6-7,9,11-13,15,17-19,21,23-25,27,29-31,34-77H2,1-5H3/b10-8-,16-14-,22-20-,28-26-,33-32-. The molecule has 0 aliphatic carbocycles. The van der Waals surface area contributed by atoms with E-state index in [1.165, 1.54) is 289 Å². The monoisotopic (exact) mass is 1280 g/mol. The molecule has 0 aromatic heterocycles. The van der Waals surface area contributed by atoms with Crippen molar-refractivity contribution in [3.8, 4) is 0 Å². The van der Waals surface area contributed by atoms with Gasteiger partial charge in [-0.1, -0.05) is 376 Å². The Labute approximate surface area is 565 Å². The Morgan fingerprint density at radius 1 is 0.341 bits per heavy atom. The number of carbonyl (C=O) groups is 3. The minimum Gasteiger partial charge on any atom is -0.545 e. The number of rotatable bonds is 74. The van der Waals surface area contributed by atoms with E-state index in [2.05, 4.69) is 74.6 Å². The Morgan fingerprint density at radius 2 is 0.626 bits per heavy atom. The van der Waals surface area contributed by atoms with Gasteiger partial charge in [0.05, 0.1) is 40.3 Å². The number of quaternary nitrogens is 1. The molecule has 0 saturated carbocycles. The molecule has 0 bridgehead atoms. The third-order valence-electron chi connectivity index (χ3n) is 17.8. The summed E-state index contributed by atoms with van der Waals surface area (Å²) in [6, 6.07) is 0. The van der Waals surface area contributed by atoms with E-state index in [0.29, 0.717) is 17.4 Å². The fourth-order valence-electron chi connectivity index (χ4n) is 11.8. The summed E-state index contributed by atoms with van der Waals surface area (Å²) in [5.74, 6) is -2.25. The van der Waals surface area contributed by atoms with Crippen LogP contribution in [-0.4, -0.2) is 82.3 Å². The highest BCUT2D eigenvalue weighted by molar-refractivity contribution is 5.70. The number of hydrogen-bond acceptors (Lipinski definition) is 8. The van der Waals surface area contributed by atoms with Gasteiger partial charge in [-0.2, -0.15) is 0 Å². The summed E-state index contributed by atoms with van der Waals surface area (Å²) in [5.41, 5.74) is 0. The molecule has 0 aromatic carbocycles. The van der Waals surface area contributed by atoms with Crippen LogP contribution >= 0.6 is 0 Å². The second-order valence-corrected chi connectivity index (χ2v) is 28.0. The summed E-state index contributed by atoms with van der Waals surface area (Å²) in [6.45, 7) is 4.71. The highest BCUT2D eigenvalue weighted by atomic mass is 16.7. The SMILES string of the molecule is CC/C=C\C/C=C\C/C=C\C/C=C\C/C=C\CCCCCCCCCCCCCCCCCCCCCCCCCCCC(=O)OC(COC(=O)CCCCCCCCCCCCCCCCCCCCCCCCCCC)COC(OCC[N+](C)(C)C)C(=O)[O-]. The molecule has 532 valence electrons. The molecule has 9 heteroatoms. The van der Waals surface area contributed by atoms with Crippen molar-refractivity contribution in [2.75, 3.05) is 47.5 Å². The number of carboxylic acid groups (broad SMARTS) is 1. The summed E-state index contributed by atoms with van der Waals surface area (Å²) < 4.78 is 22.9. The Hall–Kier alpha value is -3.01. The lowest BCUT2D eigenvalue weighted by molar-refractivity contribution is -0.870. The first kappa shape index (κ1) is 88.0. The maximum Gasteiger partial charge on any atom is 0.306 e. The first-order chi connectivity index (χ1) is 44.6. The zero-order chi connectivity index (χ0) is 66.1. The minimum absolute atomic E-state index is 0.151. The van der Waals surface area contributed by atoms with Crippen molar-refractivity contribution < 1.29 is 42.9 Å². The molecule has 2 unspecified atom stereocenters. The maximum atomic E-state index is 13.0. The van der Waals surface area contributed by atoms with Gasteiger partial charge in [-0.05, 0) is 57.8 Å². The zero-order valence-corrected chi connectivity index (χ0v) is 61.0. The van der Waals surface area contributed by atoms with Gasteiger partial charge in [0.2, 0.25) is 0 Å². The number of ether oxygens (including phenoxy) is 4. The van der Waals surface area contributed by atoms with Gasteiger partial charge in [0.15, 0.2) is 12.4 Å². The van der Waals surface area contributed by atoms with Gasteiger partial charge in [0.25, 0.3) is 0 Å². The number of nitrogens with zero attached hydrogens (tertiary/aromatic N) is 1. The predicted molar refractivity (Wildman–Crippen MR) is 389 cm³/mol. The molecule has 0 spiro atoms. The van der Waals surface area contributed by atoms with Crippen LogP contribution in [0.2, 0.25) is 0 Å². The Kier molecular flexibility index (Phi) is 70.4. The molecule has 91 heavy (non-hydrogen) atoms. The van der Waals surface area contributed by atoms with Gasteiger partial charge in [0.1, 0.15) is 13.2 Å². The fourth-order valence-corrected chi connectivity index (χ4v) is 11.8. The molecule has 0 aromatic rings. The van der Waals surface area contributed by atoms with E-state index in [1.807, 2.05) is 21.1 Å². The van der Waals surface area contributed by atoms with Crippen molar-refractivity contribution in [3.05, 3.63) is 60.8 Å². The van der Waals surface area contributed by atoms with Crippen LogP contribution in [0.3, 0.4) is 0 Å². The van der Waals surface area contributed by atoms with Crippen LogP contribution in [0.1, 0.15) is 386 Å². The zero-order valence-electron chi connectivity index (χ0n) is 61.0. The first-order valence-electron chi connectivity index (χ1n) is 39.4. The van der Waals surface area contributed by atoms with Gasteiger partial charge >= 0.3 is 11.9 Å². The molecule has 0 rings (SSSR count). The number of aliphatic carboxylic acids is 1. The van der Waals surface area contributed by atoms with E-state index < -0.39 is 24.3 Å². The first-order valence-corrected chi connectivity index (χ1v) is 39.4. The lowest BCUT2D eigenvalue weighted by Gasteiger charge is -2.26. The summed E-state index contributed by atoms with van der Waals surface area (Å²) >= 11 is 0. The van der Waals surface area contributed by atoms with Gasteiger partial charge in [-0.25, -0.2) is 0 Å². The summed E-state index contributed by atoms with van der Waals surface area (Å²) in [6.07, 6.45) is 93.5. The molecule has 0 aliphatic heterocycles. The van der Waals surface area contributed by atoms with E-state index >= 15 is 0 Å². The smallest absolute Gasteiger partial charge is 0.306 e. The topological polar surface area (TPSA) is 111 Å². The summed E-state index contributed by atoms with van der Waals surface area (Å²) in [7, 11) is 5.95. The second kappa shape index (κ2) is 72.8.